The van der Waals surface area contributed by atoms with Crippen molar-refractivity contribution in [1.82, 2.24) is 4.90 Å². The van der Waals surface area contributed by atoms with Crippen molar-refractivity contribution in [3.63, 3.8) is 0 Å². The van der Waals surface area contributed by atoms with Gasteiger partial charge in [0.05, 0.1) is 13.2 Å². The highest BCUT2D eigenvalue weighted by atomic mass is 19.1. The highest BCUT2D eigenvalue weighted by Crippen LogP contribution is 2.34. The summed E-state index contributed by atoms with van der Waals surface area (Å²) >= 11 is 0. The molecule has 0 aromatic heterocycles. The van der Waals surface area contributed by atoms with Crippen LogP contribution in [0.15, 0.2) is 133 Å². The Morgan fingerprint density at radius 1 is 0.700 bits per heavy atom. The van der Waals surface area contributed by atoms with Crippen LogP contribution in [-0.2, 0) is 13.2 Å². The molecule has 0 aliphatic carbocycles. The van der Waals surface area contributed by atoms with Gasteiger partial charge in [-0.15, -0.1) is 0 Å². The van der Waals surface area contributed by atoms with E-state index in [0.717, 1.165) is 22.3 Å². The van der Waals surface area contributed by atoms with Gasteiger partial charge in [-0.1, -0.05) is 103 Å². The van der Waals surface area contributed by atoms with E-state index in [1.54, 1.807) is 24.1 Å². The molecule has 200 valence electrons. The standard InChI is InChI=1S/C35H30FNO3/c1-39-33-22-27(20-21-32(33)40-25-26-12-5-2-6-13-26)24-37(35(38)30-18-11-19-31(36)23-30)34(28-14-7-3-8-15-28)29-16-9-4-10-17-29/h2-23,34H,24-25H2,1H3. The van der Waals surface area contributed by atoms with Crippen LogP contribution in [0.3, 0.4) is 0 Å². The van der Waals surface area contributed by atoms with Gasteiger partial charge in [0.15, 0.2) is 11.5 Å². The minimum atomic E-state index is -0.455. The zero-order valence-electron chi connectivity index (χ0n) is 22.2. The maximum absolute atomic E-state index is 14.2. The van der Waals surface area contributed by atoms with Gasteiger partial charge in [0.1, 0.15) is 12.4 Å². The average Bonchev–Trinajstić information content (AvgIpc) is 3.01. The van der Waals surface area contributed by atoms with E-state index in [4.69, 9.17) is 9.47 Å². The van der Waals surface area contributed by atoms with Gasteiger partial charge in [0.2, 0.25) is 0 Å². The molecule has 0 saturated carbocycles. The van der Waals surface area contributed by atoms with Crippen LogP contribution in [0.1, 0.15) is 38.7 Å². The normalized spacial score (nSPS) is 10.8. The van der Waals surface area contributed by atoms with Gasteiger partial charge in [-0.3, -0.25) is 4.79 Å². The van der Waals surface area contributed by atoms with Crippen LogP contribution in [0.25, 0.3) is 0 Å². The third kappa shape index (κ3) is 6.38. The number of halogens is 1. The lowest BCUT2D eigenvalue weighted by molar-refractivity contribution is 0.0690. The van der Waals surface area contributed by atoms with E-state index in [-0.39, 0.29) is 18.0 Å². The number of carbonyl (C=O) groups is 1. The van der Waals surface area contributed by atoms with Crippen molar-refractivity contribution in [2.24, 2.45) is 0 Å². The highest BCUT2D eigenvalue weighted by molar-refractivity contribution is 5.94. The Hall–Kier alpha value is -4.90. The molecular formula is C35H30FNO3. The van der Waals surface area contributed by atoms with Gasteiger partial charge in [0.25, 0.3) is 5.91 Å². The molecule has 0 heterocycles. The molecule has 0 aliphatic rings. The molecule has 0 unspecified atom stereocenters. The lowest BCUT2D eigenvalue weighted by atomic mass is 9.95. The fourth-order valence-electron chi connectivity index (χ4n) is 4.75. The molecule has 0 bridgehead atoms. The molecule has 0 saturated heterocycles. The molecule has 5 aromatic rings. The minimum absolute atomic E-state index is 0.263. The summed E-state index contributed by atoms with van der Waals surface area (Å²) in [7, 11) is 1.60. The monoisotopic (exact) mass is 531 g/mol. The Balaban J connectivity index is 1.52. The van der Waals surface area contributed by atoms with Crippen LogP contribution in [-0.4, -0.2) is 17.9 Å². The van der Waals surface area contributed by atoms with E-state index in [2.05, 4.69) is 0 Å². The second-order valence-electron chi connectivity index (χ2n) is 9.43. The first kappa shape index (κ1) is 26.7. The molecule has 1 amide bonds. The number of hydrogen-bond donors (Lipinski definition) is 0. The van der Waals surface area contributed by atoms with Crippen molar-refractivity contribution in [3.8, 4) is 11.5 Å². The molecule has 40 heavy (non-hydrogen) atoms. The Bertz CT molecular complexity index is 1500. The molecule has 0 fully saturated rings. The molecule has 0 radical (unpaired) electrons. The van der Waals surface area contributed by atoms with Crippen LogP contribution >= 0.6 is 0 Å². The molecule has 5 aromatic carbocycles. The van der Waals surface area contributed by atoms with Gasteiger partial charge in [-0.2, -0.15) is 0 Å². The Kier molecular flexibility index (Phi) is 8.52. The first-order valence-electron chi connectivity index (χ1n) is 13.1. The topological polar surface area (TPSA) is 38.8 Å². The van der Waals surface area contributed by atoms with Crippen LogP contribution in [0.5, 0.6) is 11.5 Å². The van der Waals surface area contributed by atoms with Crippen molar-refractivity contribution >= 4 is 5.91 Å². The Morgan fingerprint density at radius 2 is 1.32 bits per heavy atom. The maximum atomic E-state index is 14.2. The summed E-state index contributed by atoms with van der Waals surface area (Å²) in [4.78, 5) is 15.9. The van der Waals surface area contributed by atoms with E-state index < -0.39 is 11.9 Å². The van der Waals surface area contributed by atoms with Gasteiger partial charge >= 0.3 is 0 Å². The first-order chi connectivity index (χ1) is 19.6. The predicted octanol–water partition coefficient (Wildman–Crippen LogP) is 7.85. The summed E-state index contributed by atoms with van der Waals surface area (Å²) in [5, 5.41) is 0. The molecule has 5 heteroatoms. The van der Waals surface area contributed by atoms with Crippen molar-refractivity contribution < 1.29 is 18.7 Å². The first-order valence-corrected chi connectivity index (χ1v) is 13.1. The molecule has 0 atom stereocenters. The van der Waals surface area contributed by atoms with Crippen LogP contribution in [0.4, 0.5) is 4.39 Å². The molecule has 0 aliphatic heterocycles. The summed E-state index contributed by atoms with van der Waals surface area (Å²) in [6.45, 7) is 0.671. The molecule has 0 spiro atoms. The molecular weight excluding hydrogens is 501 g/mol. The summed E-state index contributed by atoms with van der Waals surface area (Å²) in [5.74, 6) is 0.451. The fourth-order valence-corrected chi connectivity index (χ4v) is 4.75. The number of ether oxygens (including phenoxy) is 2. The quantitative estimate of drug-likeness (QED) is 0.184. The van der Waals surface area contributed by atoms with E-state index in [0.29, 0.717) is 18.1 Å². The Labute approximate surface area is 234 Å². The van der Waals surface area contributed by atoms with Crippen LogP contribution in [0.2, 0.25) is 0 Å². The van der Waals surface area contributed by atoms with Gasteiger partial charge < -0.3 is 14.4 Å². The molecule has 4 nitrogen and oxygen atoms in total. The number of amides is 1. The number of benzene rings is 5. The fraction of sp³-hybridized carbons (Fsp3) is 0.114. The van der Waals surface area contributed by atoms with Crippen LogP contribution in [0, 0.1) is 5.82 Å². The SMILES string of the molecule is COc1cc(CN(C(=O)c2cccc(F)c2)C(c2ccccc2)c2ccccc2)ccc1OCc1ccccc1. The van der Waals surface area contributed by atoms with Crippen molar-refractivity contribution in [2.45, 2.75) is 19.2 Å². The average molecular weight is 532 g/mol. The van der Waals surface area contributed by atoms with Crippen LogP contribution < -0.4 is 9.47 Å². The number of methoxy groups -OCH3 is 1. The summed E-state index contributed by atoms with van der Waals surface area (Å²) in [6.07, 6.45) is 0. The van der Waals surface area contributed by atoms with Gasteiger partial charge in [-0.05, 0) is 52.6 Å². The van der Waals surface area contributed by atoms with Gasteiger partial charge in [0, 0.05) is 12.1 Å². The smallest absolute Gasteiger partial charge is 0.255 e. The molecule has 0 N–H and O–H groups in total. The summed E-state index contributed by atoms with van der Waals surface area (Å²) in [6, 6.07) is 40.8. The number of nitrogens with zero attached hydrogens (tertiary/aromatic N) is 1. The highest BCUT2D eigenvalue weighted by Gasteiger charge is 2.28. The second-order valence-corrected chi connectivity index (χ2v) is 9.43. The third-order valence-corrected chi connectivity index (χ3v) is 6.69. The van der Waals surface area contributed by atoms with Crippen molar-refractivity contribution in [2.75, 3.05) is 7.11 Å². The zero-order valence-corrected chi connectivity index (χ0v) is 22.2. The van der Waals surface area contributed by atoms with E-state index >= 15 is 0 Å². The van der Waals surface area contributed by atoms with Crippen molar-refractivity contribution in [1.29, 1.82) is 0 Å². The number of carbonyl (C=O) groups excluding carboxylic acids is 1. The second kappa shape index (κ2) is 12.8. The van der Waals surface area contributed by atoms with E-state index in [1.807, 2.05) is 109 Å². The molecule has 5 rings (SSSR count). The number of rotatable bonds is 10. The van der Waals surface area contributed by atoms with Crippen molar-refractivity contribution in [3.05, 3.63) is 167 Å². The largest absolute Gasteiger partial charge is 0.493 e. The predicted molar refractivity (Wildman–Crippen MR) is 155 cm³/mol. The lowest BCUT2D eigenvalue weighted by Crippen LogP contribution is -2.35. The van der Waals surface area contributed by atoms with Gasteiger partial charge in [-0.25, -0.2) is 4.39 Å². The number of hydrogen-bond acceptors (Lipinski definition) is 3. The van der Waals surface area contributed by atoms with E-state index in [1.165, 1.54) is 12.1 Å². The summed E-state index contributed by atoms with van der Waals surface area (Å²) in [5.41, 5.74) is 4.09. The minimum Gasteiger partial charge on any atom is -0.493 e. The van der Waals surface area contributed by atoms with E-state index in [9.17, 15) is 9.18 Å². The summed E-state index contributed by atoms with van der Waals surface area (Å²) < 4.78 is 25.9. The third-order valence-electron chi connectivity index (χ3n) is 6.69. The zero-order chi connectivity index (χ0) is 27.7. The Morgan fingerprint density at radius 3 is 1.93 bits per heavy atom. The maximum Gasteiger partial charge on any atom is 0.255 e. The lowest BCUT2D eigenvalue weighted by Gasteiger charge is -2.33.